The van der Waals surface area contributed by atoms with Crippen LogP contribution in [0, 0.1) is 0 Å². The number of H-pyrrole nitrogens is 1. The van der Waals surface area contributed by atoms with Crippen molar-refractivity contribution >= 4 is 28.8 Å². The number of nitrogens with one attached hydrogen (secondary N) is 3. The fourth-order valence-corrected chi connectivity index (χ4v) is 6.13. The van der Waals surface area contributed by atoms with E-state index in [9.17, 15) is 23.2 Å². The van der Waals surface area contributed by atoms with E-state index < -0.39 is 36.1 Å². The second-order valence-electron chi connectivity index (χ2n) is 10.9. The number of benzene rings is 2. The molecule has 4 heterocycles. The maximum absolute atomic E-state index is 14.9. The van der Waals surface area contributed by atoms with Gasteiger partial charge in [-0.05, 0) is 41.5 Å². The minimum Gasteiger partial charge on any atom is -0.349 e. The van der Waals surface area contributed by atoms with Crippen molar-refractivity contribution < 1.29 is 32.6 Å². The molecule has 7 rings (SSSR count). The first-order chi connectivity index (χ1) is 20.7. The lowest BCUT2D eigenvalue weighted by atomic mass is 10.0. The second-order valence-corrected chi connectivity index (χ2v) is 10.9. The molecule has 1 atom stereocenters. The number of halogens is 2. The fraction of sp³-hybridized carbons (Fsp3) is 0.290. The molecule has 10 nitrogen and oxygen atoms in total. The number of hydrogen-bond donors (Lipinski definition) is 3. The zero-order chi connectivity index (χ0) is 29.8. The average molecular weight is 588 g/mol. The summed E-state index contributed by atoms with van der Waals surface area (Å²) in [5.41, 5.74) is 1.96. The van der Waals surface area contributed by atoms with E-state index in [0.29, 0.717) is 24.4 Å². The summed E-state index contributed by atoms with van der Waals surface area (Å²) in [5.74, 6) is -5.74. The third-order valence-electron chi connectivity index (χ3n) is 8.20. The van der Waals surface area contributed by atoms with Crippen LogP contribution in [0.4, 0.5) is 8.78 Å². The lowest BCUT2D eigenvalue weighted by molar-refractivity contribution is -0.152. The number of carbonyl (C=O) groups excluding carboxylic acids is 3. The fourth-order valence-electron chi connectivity index (χ4n) is 6.13. The van der Waals surface area contributed by atoms with Gasteiger partial charge in [0.2, 0.25) is 11.8 Å². The summed E-state index contributed by atoms with van der Waals surface area (Å²) < 4.78 is 41.4. The molecule has 12 heteroatoms. The van der Waals surface area contributed by atoms with Crippen LogP contribution in [0.25, 0.3) is 22.2 Å². The van der Waals surface area contributed by atoms with E-state index in [1.54, 1.807) is 24.4 Å². The summed E-state index contributed by atoms with van der Waals surface area (Å²) in [6.45, 7) is 0.502. The highest BCUT2D eigenvalue weighted by atomic mass is 19.3. The number of pyridine rings is 1. The molecule has 2 aromatic heterocycles. The maximum atomic E-state index is 14.9. The van der Waals surface area contributed by atoms with Crippen molar-refractivity contribution in [1.82, 2.24) is 25.5 Å². The van der Waals surface area contributed by atoms with Crippen LogP contribution in [-0.2, 0) is 31.5 Å². The van der Waals surface area contributed by atoms with Gasteiger partial charge in [0, 0.05) is 40.4 Å². The Labute approximate surface area is 244 Å². The van der Waals surface area contributed by atoms with Gasteiger partial charge in [-0.2, -0.15) is 8.78 Å². The monoisotopic (exact) mass is 587 g/mol. The lowest BCUT2D eigenvalue weighted by Gasteiger charge is -2.24. The van der Waals surface area contributed by atoms with E-state index in [0.717, 1.165) is 11.1 Å². The van der Waals surface area contributed by atoms with Crippen LogP contribution in [0.3, 0.4) is 0 Å². The first-order valence-corrected chi connectivity index (χ1v) is 13.9. The number of fused-ring (bicyclic) bond motifs is 4. The normalized spacial score (nSPS) is 19.4. The quantitative estimate of drug-likeness (QED) is 0.319. The van der Waals surface area contributed by atoms with Gasteiger partial charge >= 0.3 is 0 Å². The number of hydrogen-bond acceptors (Lipinski definition) is 6. The molecule has 1 aliphatic carbocycles. The summed E-state index contributed by atoms with van der Waals surface area (Å²) in [5, 5.41) is 6.36. The molecule has 0 radical (unpaired) electrons. The minimum absolute atomic E-state index is 0.0286. The van der Waals surface area contributed by atoms with Crippen LogP contribution in [0.5, 0.6) is 0 Å². The average Bonchev–Trinajstić information content (AvgIpc) is 3.79. The molecule has 2 aliphatic heterocycles. The molecule has 1 spiro atoms. The van der Waals surface area contributed by atoms with Crippen LogP contribution in [0.15, 0.2) is 66.9 Å². The maximum Gasteiger partial charge on any atom is 0.299 e. The molecule has 0 unspecified atom stereocenters. The molecule has 3 amide bonds. The van der Waals surface area contributed by atoms with Gasteiger partial charge in [0.25, 0.3) is 11.8 Å². The first-order valence-electron chi connectivity index (χ1n) is 13.9. The third kappa shape index (κ3) is 4.72. The third-order valence-corrected chi connectivity index (χ3v) is 8.20. The number of aromatic nitrogens is 2. The van der Waals surface area contributed by atoms with Gasteiger partial charge in [0.05, 0.1) is 32.8 Å². The zero-order valence-electron chi connectivity index (χ0n) is 22.9. The Morgan fingerprint density at radius 3 is 2.58 bits per heavy atom. The van der Waals surface area contributed by atoms with E-state index in [2.05, 4.69) is 20.6 Å². The second kappa shape index (κ2) is 10.2. The summed E-state index contributed by atoms with van der Waals surface area (Å²) in [6.07, 6.45) is 1.82. The molecular weight excluding hydrogens is 560 g/mol. The largest absolute Gasteiger partial charge is 0.349 e. The summed E-state index contributed by atoms with van der Waals surface area (Å²) >= 11 is 0. The van der Waals surface area contributed by atoms with Gasteiger partial charge < -0.3 is 30.0 Å². The molecule has 2 aromatic carbocycles. The Morgan fingerprint density at radius 1 is 0.977 bits per heavy atom. The number of rotatable bonds is 6. The Morgan fingerprint density at radius 2 is 1.77 bits per heavy atom. The topological polar surface area (TPSA) is 126 Å². The highest BCUT2D eigenvalue weighted by Crippen LogP contribution is 2.50. The predicted octanol–water partition coefficient (Wildman–Crippen LogP) is 3.07. The smallest absolute Gasteiger partial charge is 0.299 e. The van der Waals surface area contributed by atoms with Gasteiger partial charge in [-0.3, -0.25) is 14.4 Å². The van der Waals surface area contributed by atoms with E-state index >= 15 is 0 Å². The van der Waals surface area contributed by atoms with E-state index in [1.807, 2.05) is 18.2 Å². The minimum atomic E-state index is -3.16. The number of aromatic amines is 1. The van der Waals surface area contributed by atoms with Crippen molar-refractivity contribution in [2.75, 3.05) is 26.3 Å². The molecular formula is C31H27F2N5O5. The van der Waals surface area contributed by atoms with Gasteiger partial charge in [0.15, 0.2) is 5.79 Å². The van der Waals surface area contributed by atoms with Crippen molar-refractivity contribution in [3.05, 3.63) is 89.2 Å². The highest BCUT2D eigenvalue weighted by molar-refractivity contribution is 5.99. The number of ether oxygens (including phenoxy) is 2. The molecule has 4 aromatic rings. The molecule has 220 valence electrons. The van der Waals surface area contributed by atoms with Crippen LogP contribution in [0.2, 0.25) is 0 Å². The highest BCUT2D eigenvalue weighted by Gasteiger charge is 2.52. The molecule has 0 saturated carbocycles. The van der Waals surface area contributed by atoms with Gasteiger partial charge in [-0.25, -0.2) is 4.98 Å². The van der Waals surface area contributed by atoms with E-state index in [-0.39, 0.29) is 47.7 Å². The lowest BCUT2D eigenvalue weighted by Crippen LogP contribution is -2.49. The Balaban J connectivity index is 1.04. The number of carbonyl (C=O) groups is 3. The standard InChI is InChI=1S/C31H27F2N5O5/c32-31(33)23-6-2-1-5-21(23)22-13-19(7-8-24(22)31)28(40)36-16-26(39)38-17-30(42-10-11-43-30)14-25(38)29(41)35-15-20-12-18-4-3-9-34-27(18)37-20/h1-9,12-13,25H,10-11,14-17H2,(H,34,37)(H,35,41)(H,36,40)/t25-/m0/s1. The van der Waals surface area contributed by atoms with Crippen LogP contribution < -0.4 is 10.6 Å². The summed E-state index contributed by atoms with van der Waals surface area (Å²) in [6, 6.07) is 14.9. The van der Waals surface area contributed by atoms with Gasteiger partial charge in [-0.1, -0.05) is 30.3 Å². The molecule has 43 heavy (non-hydrogen) atoms. The summed E-state index contributed by atoms with van der Waals surface area (Å²) in [4.78, 5) is 48.5. The number of amides is 3. The molecule has 3 N–H and O–H groups in total. The van der Waals surface area contributed by atoms with Crippen molar-refractivity contribution in [1.29, 1.82) is 0 Å². The van der Waals surface area contributed by atoms with Crippen LogP contribution >= 0.6 is 0 Å². The number of nitrogens with zero attached hydrogens (tertiary/aromatic N) is 2. The van der Waals surface area contributed by atoms with Crippen molar-refractivity contribution in [2.24, 2.45) is 0 Å². The SMILES string of the molecule is O=C(NCC(=O)N1CC2(C[C@H]1C(=O)NCc1cc3cccnc3[nH]1)OCCO2)c1ccc2c(c1)-c1ccccc1C2(F)F. The Bertz CT molecular complexity index is 1730. The first kappa shape index (κ1) is 27.2. The molecule has 2 fully saturated rings. The van der Waals surface area contributed by atoms with E-state index in [1.165, 1.54) is 29.2 Å². The van der Waals surface area contributed by atoms with Crippen LogP contribution in [-0.4, -0.2) is 70.7 Å². The van der Waals surface area contributed by atoms with Gasteiger partial charge in [0.1, 0.15) is 11.7 Å². The van der Waals surface area contributed by atoms with Crippen molar-refractivity contribution in [2.45, 2.75) is 30.7 Å². The van der Waals surface area contributed by atoms with Crippen molar-refractivity contribution in [3.8, 4) is 11.1 Å². The Hall–Kier alpha value is -4.68. The van der Waals surface area contributed by atoms with E-state index in [4.69, 9.17) is 9.47 Å². The van der Waals surface area contributed by atoms with Crippen LogP contribution in [0.1, 0.15) is 33.6 Å². The summed E-state index contributed by atoms with van der Waals surface area (Å²) in [7, 11) is 0. The zero-order valence-corrected chi connectivity index (χ0v) is 22.9. The van der Waals surface area contributed by atoms with Crippen molar-refractivity contribution in [3.63, 3.8) is 0 Å². The van der Waals surface area contributed by atoms with Gasteiger partial charge in [-0.15, -0.1) is 0 Å². The molecule has 0 bridgehead atoms. The molecule has 3 aliphatic rings. The number of alkyl halides is 2. The predicted molar refractivity (Wildman–Crippen MR) is 150 cm³/mol. The number of likely N-dealkylation sites (tertiary alicyclic amines) is 1. The molecule has 2 saturated heterocycles. The Kier molecular flexibility index (Phi) is 6.47.